The number of imidazole rings is 3. The fourth-order valence-corrected chi connectivity index (χ4v) is 16.3. The average molecular weight is 1390 g/mol. The van der Waals surface area contributed by atoms with Gasteiger partial charge in [-0.2, -0.15) is 0 Å². The number of nitrogens with one attached hydrogen (secondary N) is 6. The molecule has 6 saturated heterocycles. The van der Waals surface area contributed by atoms with E-state index in [1.807, 2.05) is 54.6 Å². The van der Waals surface area contributed by atoms with Crippen LogP contribution in [0.4, 0.5) is 21.5 Å². The van der Waals surface area contributed by atoms with Crippen molar-refractivity contribution in [1.82, 2.24) is 55.7 Å². The molecule has 3 aromatic heterocycles. The van der Waals surface area contributed by atoms with E-state index < -0.39 is 46.0 Å². The van der Waals surface area contributed by atoms with E-state index in [0.717, 1.165) is 36.3 Å². The molecule has 6 aromatic rings. The number of amides is 9. The highest BCUT2D eigenvalue weighted by Gasteiger charge is 2.54. The van der Waals surface area contributed by atoms with Gasteiger partial charge in [-0.1, -0.05) is 71.2 Å². The first kappa shape index (κ1) is 66.9. The Kier molecular flexibility index (Phi) is 18.8. The number of alkyl halides is 1. The standard InChI is InChI=1S/C25H28ClN5O4.C23H25ClFN5O3.C20H22ClN5O3/c26-17-3-1-2-4-18(17)31-10-9-25(23(31)34)7-5-16(6-8-25)29-21(32)19-20(28-15-27-19)22(33)30-11-24(12-30)13-35-14-24;24-16-3-1-2-4-17(16)30-10-9-23(22(30)33)7-5-15(6-8-23)28-20(31)18-19(27-13-26-18)21(32)29-11-14(25)12-29;21-13-3-1-2-4-14(13)26-10-9-20(19(26)29)7-5-12(6-8-20)25-18(28)16-15(17(22)27)23-11-24-16/h1-4,15-16H,5-14H2,(H,27,28)(H,29,32);1-4,13-15H,5-12H2,(H,26,27)(H,28,31);1-4,11-12H,5-10H2,(H2,22,27)(H,23,24)(H,25,28)/t16-,25-;15-,23-;12-,20-. The van der Waals surface area contributed by atoms with Gasteiger partial charge in [-0.05, 0) is 133 Å². The molecule has 9 heterocycles. The van der Waals surface area contributed by atoms with Gasteiger partial charge in [-0.15, -0.1) is 0 Å². The first-order valence-electron chi connectivity index (χ1n) is 33.0. The third kappa shape index (κ3) is 13.1. The van der Waals surface area contributed by atoms with Crippen LogP contribution in [0.25, 0.3) is 0 Å². The van der Waals surface area contributed by atoms with Crippen LogP contribution >= 0.6 is 34.8 Å². The van der Waals surface area contributed by atoms with Crippen molar-refractivity contribution in [2.45, 2.75) is 121 Å². The number of anilines is 3. The number of hydrogen-bond donors (Lipinski definition) is 7. The third-order valence-corrected chi connectivity index (χ3v) is 22.3. The van der Waals surface area contributed by atoms with Gasteiger partial charge < -0.3 is 65.9 Å². The van der Waals surface area contributed by atoms with Crippen molar-refractivity contribution in [3.8, 4) is 0 Å². The molecule has 9 amide bonds. The lowest BCUT2D eigenvalue weighted by Crippen LogP contribution is -2.67. The number of carbonyl (C=O) groups is 9. The van der Waals surface area contributed by atoms with E-state index in [2.05, 4.69) is 45.9 Å². The predicted octanol–water partition coefficient (Wildman–Crippen LogP) is 7.84. The van der Waals surface area contributed by atoms with Crippen LogP contribution in [0, 0.1) is 21.7 Å². The van der Waals surface area contributed by atoms with E-state index in [4.69, 9.17) is 45.3 Å². The van der Waals surface area contributed by atoms with Crippen LogP contribution in [0.15, 0.2) is 91.8 Å². The highest BCUT2D eigenvalue weighted by Crippen LogP contribution is 2.50. The lowest BCUT2D eigenvalue weighted by Gasteiger charge is -2.54. The maximum absolute atomic E-state index is 13.4. The van der Waals surface area contributed by atoms with Gasteiger partial charge in [0.25, 0.3) is 35.4 Å². The van der Waals surface area contributed by atoms with Crippen LogP contribution in [-0.2, 0) is 19.1 Å². The average Bonchev–Trinajstić information content (AvgIpc) is 0.882. The first-order valence-corrected chi connectivity index (χ1v) is 34.1. The number of benzene rings is 3. The Balaban J connectivity index is 0.000000132. The molecule has 4 spiro atoms. The largest absolute Gasteiger partial charge is 0.380 e. The van der Waals surface area contributed by atoms with Crippen LogP contribution in [0.1, 0.15) is 159 Å². The maximum atomic E-state index is 13.4. The second-order valence-electron chi connectivity index (χ2n) is 27.3. The molecule has 0 unspecified atom stereocenters. The number of rotatable bonds is 12. The number of hydrogen-bond acceptors (Lipinski definition) is 13. The fraction of sp³-hybridized carbons (Fsp3) is 0.471. The van der Waals surface area contributed by atoms with E-state index in [1.54, 1.807) is 37.8 Å². The molecule has 15 rings (SSSR count). The molecule has 97 heavy (non-hydrogen) atoms. The fourth-order valence-electron chi connectivity index (χ4n) is 15.6. The summed E-state index contributed by atoms with van der Waals surface area (Å²) in [4.78, 5) is 143. The predicted molar refractivity (Wildman–Crippen MR) is 356 cm³/mol. The number of aromatic amines is 3. The van der Waals surface area contributed by atoms with Crippen LogP contribution in [0.3, 0.4) is 0 Å². The van der Waals surface area contributed by atoms with Gasteiger partial charge in [0.05, 0.1) is 99.1 Å². The minimum absolute atomic E-state index is 0.000348. The third-order valence-electron chi connectivity index (χ3n) is 21.3. The highest BCUT2D eigenvalue weighted by molar-refractivity contribution is 6.35. The Morgan fingerprint density at radius 3 is 1.16 bits per heavy atom. The highest BCUT2D eigenvalue weighted by atomic mass is 35.5. The molecule has 510 valence electrons. The number of halogens is 4. The maximum Gasteiger partial charge on any atom is 0.275 e. The summed E-state index contributed by atoms with van der Waals surface area (Å²) in [7, 11) is 0. The van der Waals surface area contributed by atoms with Gasteiger partial charge in [0.2, 0.25) is 17.7 Å². The lowest BCUT2D eigenvalue weighted by atomic mass is 9.71. The Morgan fingerprint density at radius 2 is 0.825 bits per heavy atom. The molecular weight excluding hydrogens is 1310 g/mol. The molecule has 9 aliphatic rings. The van der Waals surface area contributed by atoms with Gasteiger partial charge in [0, 0.05) is 50.8 Å². The normalized spacial score (nSPS) is 25.6. The summed E-state index contributed by atoms with van der Waals surface area (Å²) in [5.41, 5.74) is 6.85. The molecule has 3 saturated carbocycles. The van der Waals surface area contributed by atoms with Crippen LogP contribution in [-0.4, -0.2) is 176 Å². The number of ether oxygens (including phenoxy) is 1. The molecule has 0 bridgehead atoms. The minimum Gasteiger partial charge on any atom is -0.380 e. The van der Waals surface area contributed by atoms with Gasteiger partial charge in [-0.25, -0.2) is 19.3 Å². The summed E-state index contributed by atoms with van der Waals surface area (Å²) in [6.07, 6.45) is 13.6. The van der Waals surface area contributed by atoms with Crippen molar-refractivity contribution < 1.29 is 52.3 Å². The molecule has 8 N–H and O–H groups in total. The molecule has 0 radical (unpaired) electrons. The summed E-state index contributed by atoms with van der Waals surface area (Å²) in [5.74, 6) is -2.25. The van der Waals surface area contributed by atoms with E-state index in [0.29, 0.717) is 138 Å². The number of nitrogens with two attached hydrogens (primary N) is 1. The summed E-state index contributed by atoms with van der Waals surface area (Å²) >= 11 is 18.9. The van der Waals surface area contributed by atoms with Crippen molar-refractivity contribution in [2.24, 2.45) is 27.4 Å². The smallest absolute Gasteiger partial charge is 0.275 e. The van der Waals surface area contributed by atoms with Crippen molar-refractivity contribution in [3.05, 3.63) is 141 Å². The quantitative estimate of drug-likeness (QED) is 0.0615. The SMILES string of the molecule is NC(=O)c1[nH]cnc1C(=O)N[C@H]1CC[C@@]2(CCN(c3ccccc3Cl)C2=O)CC1.O=C(N[C@H]1CC[C@@]2(CCN(c3ccccc3Cl)C2=O)CC1)c1[nH]cnc1C(=O)N1CC(F)C1.O=C(N[C@H]1CC[C@@]2(CCN(c3ccccc3Cl)C2=O)CC1)c1[nH]cnc1C(=O)N1CC2(COC2)C1. The van der Waals surface area contributed by atoms with Gasteiger partial charge in [-0.3, -0.25) is 43.2 Å². The lowest BCUT2D eigenvalue weighted by molar-refractivity contribution is -0.176. The van der Waals surface area contributed by atoms with Crippen molar-refractivity contribution >= 4 is 105 Å². The number of primary amides is 1. The molecule has 29 heteroatoms. The van der Waals surface area contributed by atoms with Gasteiger partial charge in [0.15, 0.2) is 17.1 Å². The van der Waals surface area contributed by atoms with Crippen LogP contribution in [0.2, 0.25) is 15.1 Å². The molecule has 3 aliphatic carbocycles. The van der Waals surface area contributed by atoms with Crippen LogP contribution in [0.5, 0.6) is 0 Å². The Morgan fingerprint density at radius 1 is 0.485 bits per heavy atom. The molecule has 0 atom stereocenters. The second-order valence-corrected chi connectivity index (χ2v) is 28.5. The zero-order chi connectivity index (χ0) is 68.0. The van der Waals surface area contributed by atoms with E-state index in [1.165, 1.54) is 23.9 Å². The second kappa shape index (κ2) is 27.3. The number of carbonyl (C=O) groups excluding carboxylic acids is 9. The summed E-state index contributed by atoms with van der Waals surface area (Å²) in [5, 5.41) is 10.7. The van der Waals surface area contributed by atoms with Crippen molar-refractivity contribution in [3.63, 3.8) is 0 Å². The Labute approximate surface area is 572 Å². The Bertz CT molecular complexity index is 4040. The summed E-state index contributed by atoms with van der Waals surface area (Å²) in [6, 6.07) is 21.9. The number of likely N-dealkylation sites (tertiary alicyclic amines) is 2. The number of para-hydroxylation sites is 3. The zero-order valence-corrected chi connectivity index (χ0v) is 55.5. The topological polar surface area (TPSA) is 327 Å². The van der Waals surface area contributed by atoms with Crippen molar-refractivity contribution in [2.75, 3.05) is 73.7 Å². The monoisotopic (exact) mass is 1390 g/mol. The van der Waals surface area contributed by atoms with E-state index >= 15 is 0 Å². The molecule has 9 fully saturated rings. The summed E-state index contributed by atoms with van der Waals surface area (Å²) < 4.78 is 18.4. The van der Waals surface area contributed by atoms with Crippen molar-refractivity contribution in [1.29, 1.82) is 0 Å². The van der Waals surface area contributed by atoms with E-state index in [9.17, 15) is 47.5 Å². The molecule has 25 nitrogen and oxygen atoms in total. The number of nitrogens with zero attached hydrogens (tertiary/aromatic N) is 8. The molecule has 6 aliphatic heterocycles. The van der Waals surface area contributed by atoms with Gasteiger partial charge >= 0.3 is 0 Å². The molecule has 3 aromatic carbocycles. The number of H-pyrrole nitrogens is 3. The minimum atomic E-state index is -1.02. The molecular formula is C68H75Cl3FN15O10. The number of aromatic nitrogens is 6. The van der Waals surface area contributed by atoms with Crippen LogP contribution < -0.4 is 36.4 Å². The van der Waals surface area contributed by atoms with E-state index in [-0.39, 0.29) is 100 Å². The Hall–Kier alpha value is -8.72. The van der Waals surface area contributed by atoms with Gasteiger partial charge in [0.1, 0.15) is 23.3 Å². The zero-order valence-electron chi connectivity index (χ0n) is 53.2. The first-order chi connectivity index (χ1) is 46.7. The summed E-state index contributed by atoms with van der Waals surface area (Å²) in [6.45, 7) is 4.65.